The summed E-state index contributed by atoms with van der Waals surface area (Å²) in [5, 5.41) is 8.67. The van der Waals surface area contributed by atoms with Crippen LogP contribution >= 0.6 is 22.7 Å². The predicted molar refractivity (Wildman–Crippen MR) is 110 cm³/mol. The number of nitrogens with one attached hydrogen (secondary N) is 2. The lowest BCUT2D eigenvalue weighted by atomic mass is 9.89. The molecule has 0 spiro atoms. The molecule has 2 aromatic rings. The third kappa shape index (κ3) is 5.54. The summed E-state index contributed by atoms with van der Waals surface area (Å²) in [6.07, 6.45) is 6.50. The zero-order valence-electron chi connectivity index (χ0n) is 15.0. The van der Waals surface area contributed by atoms with Crippen molar-refractivity contribution < 1.29 is 4.79 Å². The maximum Gasteiger partial charge on any atom is 0.217 e. The van der Waals surface area contributed by atoms with Crippen molar-refractivity contribution in [3.63, 3.8) is 0 Å². The average Bonchev–Trinajstić information content (AvgIpc) is 3.28. The van der Waals surface area contributed by atoms with Crippen molar-refractivity contribution in [2.24, 2.45) is 16.6 Å². The summed E-state index contributed by atoms with van der Waals surface area (Å²) in [4.78, 5) is 22.3. The van der Waals surface area contributed by atoms with Gasteiger partial charge in [-0.2, -0.15) is 0 Å². The Hall–Kier alpha value is -1.93. The topological polar surface area (TPSA) is 92.4 Å². The highest BCUT2D eigenvalue weighted by molar-refractivity contribution is 7.17. The number of nitrogens with zero attached hydrogens (tertiary/aromatic N) is 2. The summed E-state index contributed by atoms with van der Waals surface area (Å²) < 4.78 is 0. The maximum absolute atomic E-state index is 11.0. The van der Waals surface area contributed by atoms with Gasteiger partial charge in [0.05, 0.1) is 17.1 Å². The minimum Gasteiger partial charge on any atom is -0.370 e. The summed E-state index contributed by atoms with van der Waals surface area (Å²) in [6.45, 7) is 2.87. The van der Waals surface area contributed by atoms with Gasteiger partial charge in [-0.25, -0.2) is 4.98 Å². The van der Waals surface area contributed by atoms with Gasteiger partial charge in [-0.15, -0.1) is 22.7 Å². The molecular weight excluding hydrogens is 366 g/mol. The molecule has 1 amide bonds. The summed E-state index contributed by atoms with van der Waals surface area (Å²) in [6, 6.07) is 4.05. The molecule has 0 atom stereocenters. The van der Waals surface area contributed by atoms with Crippen molar-refractivity contribution in [2.45, 2.75) is 45.6 Å². The zero-order chi connectivity index (χ0) is 18.4. The summed E-state index contributed by atoms with van der Waals surface area (Å²) >= 11 is 3.14. The Labute approximate surface area is 161 Å². The Bertz CT molecular complexity index is 761. The van der Waals surface area contributed by atoms with Crippen molar-refractivity contribution in [1.29, 1.82) is 0 Å². The van der Waals surface area contributed by atoms with Gasteiger partial charge in [0.2, 0.25) is 5.91 Å². The number of rotatable bonds is 6. The van der Waals surface area contributed by atoms with Crippen LogP contribution in [-0.4, -0.2) is 23.4 Å². The molecular formula is C18H25N5OS2. The number of thiophene rings is 1. The number of carbonyl (C=O) groups excluding carboxylic acids is 1. The van der Waals surface area contributed by atoms with Crippen LogP contribution in [0.5, 0.6) is 0 Å². The number of amides is 1. The van der Waals surface area contributed by atoms with Crippen LogP contribution in [0.15, 0.2) is 22.5 Å². The van der Waals surface area contributed by atoms with E-state index in [1.165, 1.54) is 50.4 Å². The number of aromatic nitrogens is 1. The van der Waals surface area contributed by atoms with Crippen LogP contribution in [-0.2, 0) is 11.3 Å². The van der Waals surface area contributed by atoms with Crippen LogP contribution in [0.2, 0.25) is 0 Å². The fourth-order valence-corrected chi connectivity index (χ4v) is 4.71. The molecule has 8 heteroatoms. The largest absolute Gasteiger partial charge is 0.370 e. The molecule has 140 valence electrons. The summed E-state index contributed by atoms with van der Waals surface area (Å²) in [5.41, 5.74) is 6.92. The molecule has 4 N–H and O–H groups in total. The van der Waals surface area contributed by atoms with Gasteiger partial charge in [0.1, 0.15) is 0 Å². The van der Waals surface area contributed by atoms with Crippen molar-refractivity contribution >= 4 is 39.7 Å². The molecule has 0 saturated heterocycles. The van der Waals surface area contributed by atoms with Crippen LogP contribution in [0.1, 0.15) is 43.9 Å². The Balaban J connectivity index is 1.54. The van der Waals surface area contributed by atoms with E-state index in [0.29, 0.717) is 18.4 Å². The number of carbonyl (C=O) groups is 1. The molecule has 1 fully saturated rings. The number of nitrogens with two attached hydrogens (primary N) is 1. The van der Waals surface area contributed by atoms with E-state index in [9.17, 15) is 4.79 Å². The molecule has 1 aliphatic carbocycles. The number of anilines is 1. The van der Waals surface area contributed by atoms with Gasteiger partial charge in [0, 0.05) is 23.7 Å². The second-order valence-corrected chi connectivity index (χ2v) is 8.59. The quantitative estimate of drug-likeness (QED) is 0.516. The Morgan fingerprint density at radius 3 is 2.92 bits per heavy atom. The van der Waals surface area contributed by atoms with Crippen molar-refractivity contribution in [3.05, 3.63) is 22.4 Å². The SMILES string of the molecule is CC(=O)NCc1ccc(-c2csc(NC(N)=NCC3CCCCC3)n2)s1. The smallest absolute Gasteiger partial charge is 0.217 e. The van der Waals surface area contributed by atoms with Gasteiger partial charge < -0.3 is 16.4 Å². The molecule has 0 radical (unpaired) electrons. The molecule has 0 unspecified atom stereocenters. The zero-order valence-corrected chi connectivity index (χ0v) is 16.6. The minimum absolute atomic E-state index is 0.0249. The van der Waals surface area contributed by atoms with Gasteiger partial charge >= 0.3 is 0 Å². The molecule has 1 aliphatic rings. The molecule has 0 aromatic carbocycles. The molecule has 3 rings (SSSR count). The lowest BCUT2D eigenvalue weighted by molar-refractivity contribution is -0.119. The third-order valence-electron chi connectivity index (χ3n) is 4.41. The molecule has 2 aromatic heterocycles. The lowest BCUT2D eigenvalue weighted by Crippen LogP contribution is -2.24. The van der Waals surface area contributed by atoms with Crippen LogP contribution < -0.4 is 16.4 Å². The highest BCUT2D eigenvalue weighted by atomic mass is 32.1. The van der Waals surface area contributed by atoms with Gasteiger partial charge in [0.25, 0.3) is 0 Å². The fourth-order valence-electron chi connectivity index (χ4n) is 3.01. The molecule has 6 nitrogen and oxygen atoms in total. The van der Waals surface area contributed by atoms with E-state index in [4.69, 9.17) is 5.73 Å². The van der Waals surface area contributed by atoms with Crippen molar-refractivity contribution in [2.75, 3.05) is 11.9 Å². The van der Waals surface area contributed by atoms with Gasteiger partial charge in [0.15, 0.2) is 11.1 Å². The third-order valence-corrected chi connectivity index (χ3v) is 6.27. The fraction of sp³-hybridized carbons (Fsp3) is 0.500. The number of guanidine groups is 1. The Morgan fingerprint density at radius 2 is 2.15 bits per heavy atom. The van der Waals surface area contributed by atoms with Crippen LogP contribution in [0, 0.1) is 5.92 Å². The van der Waals surface area contributed by atoms with E-state index < -0.39 is 0 Å². The van der Waals surface area contributed by atoms with Crippen molar-refractivity contribution in [1.82, 2.24) is 10.3 Å². The summed E-state index contributed by atoms with van der Waals surface area (Å²) in [5.74, 6) is 1.08. The van der Waals surface area contributed by atoms with Gasteiger partial charge in [-0.05, 0) is 30.9 Å². The second kappa shape index (κ2) is 9.14. The first kappa shape index (κ1) is 18.8. The van der Waals surface area contributed by atoms with E-state index in [2.05, 4.69) is 20.6 Å². The first-order valence-electron chi connectivity index (χ1n) is 8.96. The number of thiazole rings is 1. The summed E-state index contributed by atoms with van der Waals surface area (Å²) in [7, 11) is 0. The first-order chi connectivity index (χ1) is 12.6. The molecule has 0 bridgehead atoms. The average molecular weight is 392 g/mol. The van der Waals surface area contributed by atoms with E-state index in [0.717, 1.165) is 27.1 Å². The molecule has 2 heterocycles. The van der Waals surface area contributed by atoms with E-state index in [-0.39, 0.29) is 5.91 Å². The standard InChI is InChI=1S/C18H25N5OS2/c1-12(24)20-10-14-7-8-16(26-14)15-11-25-18(22-15)23-17(19)21-9-13-5-3-2-4-6-13/h7-8,11,13H,2-6,9-10H2,1H3,(H,20,24)(H3,19,21,22,23). The first-order valence-corrected chi connectivity index (χ1v) is 10.7. The van der Waals surface area contributed by atoms with E-state index in [1.54, 1.807) is 11.3 Å². The number of aliphatic imine (C=N–C) groups is 1. The molecule has 1 saturated carbocycles. The van der Waals surface area contributed by atoms with Crippen LogP contribution in [0.4, 0.5) is 5.13 Å². The van der Waals surface area contributed by atoms with Crippen LogP contribution in [0.25, 0.3) is 10.6 Å². The Morgan fingerprint density at radius 1 is 1.35 bits per heavy atom. The number of hydrogen-bond donors (Lipinski definition) is 3. The minimum atomic E-state index is -0.0249. The van der Waals surface area contributed by atoms with Crippen LogP contribution in [0.3, 0.4) is 0 Å². The van der Waals surface area contributed by atoms with Gasteiger partial charge in [-0.3, -0.25) is 9.79 Å². The highest BCUT2D eigenvalue weighted by Gasteiger charge is 2.13. The normalized spacial score (nSPS) is 15.8. The molecule has 26 heavy (non-hydrogen) atoms. The highest BCUT2D eigenvalue weighted by Crippen LogP contribution is 2.30. The monoisotopic (exact) mass is 391 g/mol. The van der Waals surface area contributed by atoms with Gasteiger partial charge in [-0.1, -0.05) is 19.3 Å². The van der Waals surface area contributed by atoms with Crippen molar-refractivity contribution in [3.8, 4) is 10.6 Å². The van der Waals surface area contributed by atoms with E-state index in [1.807, 2.05) is 17.5 Å². The lowest BCUT2D eigenvalue weighted by Gasteiger charge is -2.19. The second-order valence-electron chi connectivity index (χ2n) is 6.57. The van der Waals surface area contributed by atoms with E-state index >= 15 is 0 Å². The predicted octanol–water partition coefficient (Wildman–Crippen LogP) is 3.81. The maximum atomic E-state index is 11.0. The molecule has 0 aliphatic heterocycles. The Kier molecular flexibility index (Phi) is 6.62. The number of hydrogen-bond acceptors (Lipinski definition) is 5.